The summed E-state index contributed by atoms with van der Waals surface area (Å²) in [6.45, 7) is 8.82. The van der Waals surface area contributed by atoms with Gasteiger partial charge in [-0.25, -0.2) is 0 Å². The molecule has 2 N–H and O–H groups in total. The Morgan fingerprint density at radius 3 is 2.57 bits per heavy atom. The second-order valence-electron chi connectivity index (χ2n) is 6.12. The van der Waals surface area contributed by atoms with Gasteiger partial charge in [-0.15, -0.1) is 0 Å². The first-order chi connectivity index (χ1) is 9.88. The number of aromatic nitrogens is 3. The number of nitrogens with one attached hydrogen (secondary N) is 2. The van der Waals surface area contributed by atoms with Gasteiger partial charge in [0.05, 0.1) is 11.7 Å². The molecule has 1 fully saturated rings. The first kappa shape index (κ1) is 15.8. The van der Waals surface area contributed by atoms with Crippen LogP contribution >= 0.6 is 0 Å². The predicted molar refractivity (Wildman–Crippen MR) is 81.8 cm³/mol. The summed E-state index contributed by atoms with van der Waals surface area (Å²) in [6, 6.07) is 0.617. The molecule has 7 nitrogen and oxygen atoms in total. The topological polar surface area (TPSA) is 81.2 Å². The minimum Gasteiger partial charge on any atom is -0.461 e. The highest BCUT2D eigenvalue weighted by Gasteiger charge is 2.29. The number of rotatable bonds is 5. The van der Waals surface area contributed by atoms with Crippen molar-refractivity contribution in [2.75, 3.05) is 24.3 Å². The van der Waals surface area contributed by atoms with Gasteiger partial charge in [-0.1, -0.05) is 0 Å². The van der Waals surface area contributed by atoms with Gasteiger partial charge in [0.25, 0.3) is 0 Å². The summed E-state index contributed by atoms with van der Waals surface area (Å²) in [5.41, 5.74) is -0.119. The number of ether oxygens (including phenoxy) is 2. The second kappa shape index (κ2) is 6.43. The number of hydrogen-bond acceptors (Lipinski definition) is 7. The second-order valence-corrected chi connectivity index (χ2v) is 6.12. The molecule has 1 atom stereocenters. The normalized spacial score (nSPS) is 21.1. The van der Waals surface area contributed by atoms with Crippen molar-refractivity contribution in [3.05, 3.63) is 0 Å². The smallest absolute Gasteiger partial charge is 0.323 e. The van der Waals surface area contributed by atoms with Crippen molar-refractivity contribution in [2.24, 2.45) is 0 Å². The highest BCUT2D eigenvalue weighted by atomic mass is 16.5. The van der Waals surface area contributed by atoms with Crippen molar-refractivity contribution >= 4 is 11.9 Å². The zero-order valence-electron chi connectivity index (χ0n) is 13.4. The van der Waals surface area contributed by atoms with E-state index in [0.717, 1.165) is 19.4 Å². The van der Waals surface area contributed by atoms with Crippen molar-refractivity contribution in [3.63, 3.8) is 0 Å². The molecule has 2 heterocycles. The number of anilines is 2. The Morgan fingerprint density at radius 1 is 1.24 bits per heavy atom. The quantitative estimate of drug-likeness (QED) is 0.860. The maximum atomic E-state index is 5.72. The summed E-state index contributed by atoms with van der Waals surface area (Å²) in [4.78, 5) is 12.9. The van der Waals surface area contributed by atoms with Crippen LogP contribution in [0.3, 0.4) is 0 Å². The maximum Gasteiger partial charge on any atom is 0.323 e. The fourth-order valence-corrected chi connectivity index (χ4v) is 2.33. The summed E-state index contributed by atoms with van der Waals surface area (Å²) in [5, 5.41) is 6.29. The molecule has 0 saturated carbocycles. The molecule has 1 aromatic rings. The van der Waals surface area contributed by atoms with Crippen LogP contribution in [0.25, 0.3) is 0 Å². The first-order valence-electron chi connectivity index (χ1n) is 7.39. The Morgan fingerprint density at radius 2 is 1.95 bits per heavy atom. The first-order valence-corrected chi connectivity index (χ1v) is 7.39. The lowest BCUT2D eigenvalue weighted by Crippen LogP contribution is -2.40. The summed E-state index contributed by atoms with van der Waals surface area (Å²) in [5.74, 6) is 1.03. The molecule has 21 heavy (non-hydrogen) atoms. The van der Waals surface area contributed by atoms with E-state index in [2.05, 4.69) is 39.4 Å². The van der Waals surface area contributed by atoms with E-state index in [1.807, 2.05) is 13.8 Å². The third-order valence-electron chi connectivity index (χ3n) is 3.21. The number of hydrogen-bond donors (Lipinski definition) is 2. The molecule has 1 aliphatic heterocycles. The highest BCUT2D eigenvalue weighted by molar-refractivity contribution is 5.36. The molecule has 7 heteroatoms. The molecule has 0 radical (unpaired) electrons. The Balaban J connectivity index is 2.11. The van der Waals surface area contributed by atoms with Crippen molar-refractivity contribution in [1.29, 1.82) is 0 Å². The Hall–Kier alpha value is -1.63. The minimum atomic E-state index is -0.119. The molecular weight excluding hydrogens is 270 g/mol. The molecular formula is C14H25N5O2. The van der Waals surface area contributed by atoms with E-state index in [4.69, 9.17) is 9.47 Å². The van der Waals surface area contributed by atoms with Crippen LogP contribution in [0.5, 0.6) is 6.01 Å². The lowest BCUT2D eigenvalue weighted by Gasteiger charge is -2.35. The summed E-state index contributed by atoms with van der Waals surface area (Å²) in [7, 11) is 1.77. The van der Waals surface area contributed by atoms with Gasteiger partial charge in [-0.2, -0.15) is 15.0 Å². The average molecular weight is 295 g/mol. The fraction of sp³-hybridized carbons (Fsp3) is 0.786. The maximum absolute atomic E-state index is 5.72. The van der Waals surface area contributed by atoms with Gasteiger partial charge < -0.3 is 20.1 Å². The summed E-state index contributed by atoms with van der Waals surface area (Å²) < 4.78 is 11.3. The van der Waals surface area contributed by atoms with Gasteiger partial charge in [0.15, 0.2) is 0 Å². The van der Waals surface area contributed by atoms with Gasteiger partial charge in [0.2, 0.25) is 11.9 Å². The zero-order valence-corrected chi connectivity index (χ0v) is 13.4. The van der Waals surface area contributed by atoms with Crippen molar-refractivity contribution in [3.8, 4) is 6.01 Å². The third-order valence-corrected chi connectivity index (χ3v) is 3.21. The Bertz CT molecular complexity index is 478. The number of nitrogens with zero attached hydrogens (tertiary/aromatic N) is 3. The lowest BCUT2D eigenvalue weighted by atomic mass is 9.94. The monoisotopic (exact) mass is 295 g/mol. The van der Waals surface area contributed by atoms with E-state index in [0.29, 0.717) is 17.9 Å². The summed E-state index contributed by atoms with van der Waals surface area (Å²) >= 11 is 0. The van der Waals surface area contributed by atoms with Crippen LogP contribution in [0.15, 0.2) is 0 Å². The average Bonchev–Trinajstić information content (AvgIpc) is 2.36. The Kier molecular flexibility index (Phi) is 4.82. The van der Waals surface area contributed by atoms with Crippen molar-refractivity contribution < 1.29 is 9.47 Å². The lowest BCUT2D eigenvalue weighted by molar-refractivity contribution is -0.0554. The molecule has 0 bridgehead atoms. The minimum absolute atomic E-state index is 0.0203. The molecule has 0 amide bonds. The van der Waals surface area contributed by atoms with E-state index in [1.54, 1.807) is 7.05 Å². The predicted octanol–water partition coefficient (Wildman–Crippen LogP) is 2.07. The van der Waals surface area contributed by atoms with Gasteiger partial charge in [0, 0.05) is 19.7 Å². The van der Waals surface area contributed by atoms with E-state index in [9.17, 15) is 0 Å². The SMILES string of the molecule is CNc1nc(NC2CCOC(C)(C)C2)nc(OC(C)C)n1. The van der Waals surface area contributed by atoms with Gasteiger partial charge in [-0.05, 0) is 40.5 Å². The van der Waals surface area contributed by atoms with Crippen LogP contribution < -0.4 is 15.4 Å². The Labute approximate surface area is 125 Å². The van der Waals surface area contributed by atoms with Crippen LogP contribution in [0.2, 0.25) is 0 Å². The van der Waals surface area contributed by atoms with Crippen LogP contribution in [-0.4, -0.2) is 46.4 Å². The van der Waals surface area contributed by atoms with Crippen LogP contribution in [0.4, 0.5) is 11.9 Å². The van der Waals surface area contributed by atoms with E-state index in [1.165, 1.54) is 0 Å². The zero-order chi connectivity index (χ0) is 15.5. The van der Waals surface area contributed by atoms with E-state index in [-0.39, 0.29) is 17.7 Å². The molecule has 0 spiro atoms. The van der Waals surface area contributed by atoms with Crippen LogP contribution in [-0.2, 0) is 4.74 Å². The molecule has 2 rings (SSSR count). The molecule has 1 aliphatic rings. The molecule has 1 aromatic heterocycles. The van der Waals surface area contributed by atoms with Crippen LogP contribution in [0, 0.1) is 0 Å². The standard InChI is InChI=1S/C14H25N5O2/c1-9(2)21-13-18-11(15-5)17-12(19-13)16-10-6-7-20-14(3,4)8-10/h9-10H,6-8H2,1-5H3,(H2,15,16,17,18,19). The molecule has 118 valence electrons. The van der Waals surface area contributed by atoms with Crippen molar-refractivity contribution in [1.82, 2.24) is 15.0 Å². The van der Waals surface area contributed by atoms with Crippen LogP contribution in [0.1, 0.15) is 40.5 Å². The van der Waals surface area contributed by atoms with Gasteiger partial charge in [0.1, 0.15) is 0 Å². The highest BCUT2D eigenvalue weighted by Crippen LogP contribution is 2.26. The van der Waals surface area contributed by atoms with Gasteiger partial charge >= 0.3 is 6.01 Å². The fourth-order valence-electron chi connectivity index (χ4n) is 2.33. The molecule has 0 aliphatic carbocycles. The van der Waals surface area contributed by atoms with E-state index >= 15 is 0 Å². The largest absolute Gasteiger partial charge is 0.461 e. The molecule has 0 aromatic carbocycles. The molecule has 1 saturated heterocycles. The third kappa shape index (κ3) is 4.70. The van der Waals surface area contributed by atoms with Gasteiger partial charge in [-0.3, -0.25) is 0 Å². The summed E-state index contributed by atoms with van der Waals surface area (Å²) in [6.07, 6.45) is 1.87. The van der Waals surface area contributed by atoms with E-state index < -0.39 is 0 Å². The molecule has 1 unspecified atom stereocenters. The van der Waals surface area contributed by atoms with Crippen molar-refractivity contribution in [2.45, 2.75) is 58.3 Å².